The van der Waals surface area contributed by atoms with Crippen molar-refractivity contribution < 1.29 is 32.9 Å². The number of aliphatic hydroxyl groups is 1. The van der Waals surface area contributed by atoms with E-state index in [0.29, 0.717) is 67.8 Å². The van der Waals surface area contributed by atoms with Crippen molar-refractivity contribution in [1.29, 1.82) is 0 Å². The molecule has 2 aromatic carbocycles. The molecule has 1 aliphatic carbocycles. The molecule has 4 heterocycles. The smallest absolute Gasteiger partial charge is 0.416 e. The molecule has 1 amide bonds. The number of carbonyl (C=O) groups is 1. The molecule has 12 nitrogen and oxygen atoms in total. The Bertz CT molecular complexity index is 2180. The van der Waals surface area contributed by atoms with Crippen LogP contribution >= 0.6 is 11.6 Å². The van der Waals surface area contributed by atoms with Gasteiger partial charge in [0.2, 0.25) is 5.78 Å². The Balaban J connectivity index is 1.27. The number of nitrogens with zero attached hydrogens (tertiary/aromatic N) is 6. The van der Waals surface area contributed by atoms with Crippen LogP contribution in [0.3, 0.4) is 0 Å². The predicted molar refractivity (Wildman–Crippen MR) is 181 cm³/mol. The summed E-state index contributed by atoms with van der Waals surface area (Å²) in [6.45, 7) is 0.484. The monoisotopic (exact) mass is 723 g/mol. The van der Waals surface area contributed by atoms with Gasteiger partial charge < -0.3 is 29.7 Å². The maximum absolute atomic E-state index is 14.5. The van der Waals surface area contributed by atoms with E-state index in [9.17, 15) is 33.0 Å². The fourth-order valence-electron chi connectivity index (χ4n) is 7.22. The van der Waals surface area contributed by atoms with Gasteiger partial charge in [0.1, 0.15) is 17.7 Å². The fraction of sp³-hybridized carbons (Fsp3) is 0.343. The van der Waals surface area contributed by atoms with Crippen LogP contribution in [0.5, 0.6) is 11.5 Å². The number of aromatic nitrogens is 5. The number of fused-ring (bicyclic) bond motifs is 3. The minimum absolute atomic E-state index is 0.0372. The maximum Gasteiger partial charge on any atom is 0.416 e. The van der Waals surface area contributed by atoms with Crippen molar-refractivity contribution >= 4 is 29.0 Å². The summed E-state index contributed by atoms with van der Waals surface area (Å²) in [5, 5.41) is 28.7. The lowest BCUT2D eigenvalue weighted by atomic mass is 9.66. The Labute approximate surface area is 294 Å². The SMILES string of the molecule is COc1ccc(-c2nc3n(CC(O)Nc4ccc(C(F)(F)F)cc4Cl)c4c(c(=O)n3n2)C2(CCC4)CCN(C(=O)c3ncccc3O)CC2)cc1. The molecule has 0 saturated carbocycles. The highest BCUT2D eigenvalue weighted by molar-refractivity contribution is 6.33. The Kier molecular flexibility index (Phi) is 8.87. The summed E-state index contributed by atoms with van der Waals surface area (Å²) in [5.41, 5.74) is -0.0235. The molecular weight excluding hydrogens is 691 g/mol. The van der Waals surface area contributed by atoms with Crippen molar-refractivity contribution in [2.45, 2.75) is 56.5 Å². The van der Waals surface area contributed by atoms with E-state index in [-0.39, 0.29) is 45.9 Å². The molecule has 5 aromatic rings. The fourth-order valence-corrected chi connectivity index (χ4v) is 7.46. The van der Waals surface area contributed by atoms with Crippen LogP contribution in [-0.4, -0.2) is 71.6 Å². The number of hydrogen-bond acceptors (Lipinski definition) is 9. The van der Waals surface area contributed by atoms with E-state index in [1.165, 1.54) is 22.8 Å². The van der Waals surface area contributed by atoms with Crippen molar-refractivity contribution in [2.24, 2.45) is 0 Å². The van der Waals surface area contributed by atoms with Crippen LogP contribution in [0.25, 0.3) is 17.2 Å². The van der Waals surface area contributed by atoms with Crippen molar-refractivity contribution in [3.8, 4) is 22.9 Å². The van der Waals surface area contributed by atoms with Crippen LogP contribution in [0, 0.1) is 0 Å². The third kappa shape index (κ3) is 6.35. The van der Waals surface area contributed by atoms with Crippen molar-refractivity contribution in [3.63, 3.8) is 0 Å². The van der Waals surface area contributed by atoms with E-state index < -0.39 is 29.3 Å². The summed E-state index contributed by atoms with van der Waals surface area (Å²) in [6, 6.07) is 12.8. The summed E-state index contributed by atoms with van der Waals surface area (Å²) in [7, 11) is 1.55. The Morgan fingerprint density at radius 1 is 1.12 bits per heavy atom. The second kappa shape index (κ2) is 13.2. The largest absolute Gasteiger partial charge is 0.505 e. The molecule has 266 valence electrons. The third-order valence-corrected chi connectivity index (χ3v) is 10.1. The van der Waals surface area contributed by atoms with Gasteiger partial charge in [-0.05, 0) is 86.7 Å². The van der Waals surface area contributed by atoms with Gasteiger partial charge in [-0.3, -0.25) is 9.59 Å². The van der Waals surface area contributed by atoms with Gasteiger partial charge in [0.05, 0.1) is 29.9 Å². The zero-order chi connectivity index (χ0) is 36.1. The lowest BCUT2D eigenvalue weighted by Crippen LogP contribution is -2.50. The molecule has 1 saturated heterocycles. The van der Waals surface area contributed by atoms with Crippen molar-refractivity contribution in [2.75, 3.05) is 25.5 Å². The van der Waals surface area contributed by atoms with E-state index >= 15 is 0 Å². The zero-order valence-electron chi connectivity index (χ0n) is 27.3. The summed E-state index contributed by atoms with van der Waals surface area (Å²) in [4.78, 5) is 38.2. The molecule has 3 N–H and O–H groups in total. The average molecular weight is 724 g/mol. The van der Waals surface area contributed by atoms with Crippen molar-refractivity contribution in [3.05, 3.63) is 98.7 Å². The molecule has 3 aromatic heterocycles. The van der Waals surface area contributed by atoms with E-state index in [4.69, 9.17) is 21.3 Å². The Morgan fingerprint density at radius 3 is 2.53 bits per heavy atom. The molecule has 1 unspecified atom stereocenters. The van der Waals surface area contributed by atoms with Crippen LogP contribution in [0.2, 0.25) is 5.02 Å². The lowest BCUT2D eigenvalue weighted by molar-refractivity contribution is -0.137. The molecule has 1 aliphatic heterocycles. The molecule has 0 bridgehead atoms. The van der Waals surface area contributed by atoms with Crippen LogP contribution in [0.15, 0.2) is 65.6 Å². The number of benzene rings is 2. The number of carbonyl (C=O) groups excluding carboxylic acids is 1. The molecule has 1 spiro atoms. The molecule has 16 heteroatoms. The number of rotatable bonds is 7. The summed E-state index contributed by atoms with van der Waals surface area (Å²) in [6.07, 6.45) is -1.70. The lowest BCUT2D eigenvalue weighted by Gasteiger charge is -2.45. The summed E-state index contributed by atoms with van der Waals surface area (Å²) in [5.74, 6) is 0.463. The maximum atomic E-state index is 14.5. The average Bonchev–Trinajstić information content (AvgIpc) is 3.57. The van der Waals surface area contributed by atoms with Gasteiger partial charge in [0.15, 0.2) is 11.5 Å². The number of aromatic hydroxyl groups is 1. The van der Waals surface area contributed by atoms with Gasteiger partial charge in [-0.1, -0.05) is 11.6 Å². The van der Waals surface area contributed by atoms with Crippen LogP contribution in [0.4, 0.5) is 18.9 Å². The van der Waals surface area contributed by atoms with Gasteiger partial charge in [-0.25, -0.2) is 4.98 Å². The van der Waals surface area contributed by atoms with Gasteiger partial charge in [0.25, 0.3) is 11.5 Å². The number of likely N-dealkylation sites (tertiary alicyclic amines) is 1. The van der Waals surface area contributed by atoms with E-state index in [1.807, 2.05) is 0 Å². The van der Waals surface area contributed by atoms with E-state index in [1.54, 1.807) is 40.8 Å². The zero-order valence-corrected chi connectivity index (χ0v) is 28.1. The van der Waals surface area contributed by atoms with Crippen LogP contribution in [0.1, 0.15) is 53.0 Å². The first kappa shape index (κ1) is 34.3. The Hall–Kier alpha value is -5.15. The van der Waals surface area contributed by atoms with Gasteiger partial charge >= 0.3 is 6.18 Å². The van der Waals surface area contributed by atoms with Gasteiger partial charge in [0, 0.05) is 41.5 Å². The number of nitrogens with one attached hydrogen (secondary N) is 1. The topological polar surface area (TPSA) is 147 Å². The highest BCUT2D eigenvalue weighted by atomic mass is 35.5. The van der Waals surface area contributed by atoms with Crippen LogP contribution in [-0.2, 0) is 24.6 Å². The standard InChI is InChI=1S/C35H33ClF3N7O5/c1-51-22-9-6-20(7-10-22)30-42-33-45(19-27(48)41-24-11-8-21(18-23(24)36)35(37,38)39)25-4-2-12-34(28(25)31(49)46(33)43-30)13-16-44(17-14-34)32(50)29-26(47)5-3-15-40-29/h3,5-11,15,18,27,41,47-48H,2,4,12-14,16-17,19H2,1H3. The number of alkyl halides is 3. The number of halogens is 4. The first-order valence-electron chi connectivity index (χ1n) is 16.3. The molecule has 1 atom stereocenters. The highest BCUT2D eigenvalue weighted by Gasteiger charge is 2.44. The number of methoxy groups -OCH3 is 1. The quantitative estimate of drug-likeness (QED) is 0.191. The number of anilines is 1. The van der Waals surface area contributed by atoms with Gasteiger partial charge in [-0.2, -0.15) is 22.7 Å². The Morgan fingerprint density at radius 2 is 1.86 bits per heavy atom. The normalized spacial score (nSPS) is 16.2. The van der Waals surface area contributed by atoms with E-state index in [0.717, 1.165) is 18.2 Å². The second-order valence-electron chi connectivity index (χ2n) is 12.8. The van der Waals surface area contributed by atoms with E-state index in [2.05, 4.69) is 15.4 Å². The van der Waals surface area contributed by atoms with Crippen molar-refractivity contribution in [1.82, 2.24) is 29.0 Å². The molecule has 7 rings (SSSR count). The minimum atomic E-state index is -4.59. The van der Waals surface area contributed by atoms with Crippen LogP contribution < -0.4 is 15.6 Å². The number of amides is 1. The summed E-state index contributed by atoms with van der Waals surface area (Å²) < 4.78 is 48.0. The first-order chi connectivity index (χ1) is 24.4. The van der Waals surface area contributed by atoms with Gasteiger partial charge in [-0.15, -0.1) is 5.10 Å². The number of ether oxygens (including phenoxy) is 1. The summed E-state index contributed by atoms with van der Waals surface area (Å²) >= 11 is 6.18. The number of piperidine rings is 1. The molecular formula is C35H33ClF3N7O5. The first-order valence-corrected chi connectivity index (χ1v) is 16.7. The molecule has 1 fully saturated rings. The second-order valence-corrected chi connectivity index (χ2v) is 13.2. The number of hydrogen-bond donors (Lipinski definition) is 3. The third-order valence-electron chi connectivity index (χ3n) is 9.77. The molecule has 0 radical (unpaired) electrons. The molecule has 2 aliphatic rings. The minimum Gasteiger partial charge on any atom is -0.505 e. The molecule has 51 heavy (non-hydrogen) atoms. The predicted octanol–water partition coefficient (Wildman–Crippen LogP) is 5.28. The highest BCUT2D eigenvalue weighted by Crippen LogP contribution is 2.44. The number of aliphatic hydroxyl groups excluding tert-OH is 1. The number of pyridine rings is 1.